The van der Waals surface area contributed by atoms with Gasteiger partial charge in [0.05, 0.1) is 9.30 Å². The van der Waals surface area contributed by atoms with Crippen molar-refractivity contribution in [3.8, 4) is 0 Å². The van der Waals surface area contributed by atoms with Gasteiger partial charge in [-0.05, 0) is 64.2 Å². The van der Waals surface area contributed by atoms with Crippen LogP contribution in [0.1, 0.15) is 27.1 Å². The molecule has 0 aliphatic heterocycles. The van der Waals surface area contributed by atoms with Gasteiger partial charge in [0.25, 0.3) is 0 Å². The molecule has 0 amide bonds. The minimum Gasteiger partial charge on any atom is -0.206 e. The molecule has 1 unspecified atom stereocenters. The molecule has 0 spiro atoms. The van der Waals surface area contributed by atoms with Crippen molar-refractivity contribution in [3.05, 3.63) is 68.9 Å². The van der Waals surface area contributed by atoms with Gasteiger partial charge in [0.2, 0.25) is 0 Å². The van der Waals surface area contributed by atoms with E-state index in [9.17, 15) is 4.39 Å². The van der Waals surface area contributed by atoms with E-state index in [1.165, 1.54) is 22.8 Å². The van der Waals surface area contributed by atoms with Crippen molar-refractivity contribution in [3.63, 3.8) is 0 Å². The maximum absolute atomic E-state index is 13.2. The van der Waals surface area contributed by atoms with E-state index in [2.05, 4.69) is 57.8 Å². The average molecular weight is 372 g/mol. The number of aryl methyl sites for hydroxylation is 1. The SMILES string of the molecule is Cc1cccc(C(Br)c2ccc(F)c(Br)c2)c1C. The summed E-state index contributed by atoms with van der Waals surface area (Å²) in [5.41, 5.74) is 4.78. The van der Waals surface area contributed by atoms with Gasteiger partial charge in [0.15, 0.2) is 0 Å². The molecule has 2 aromatic carbocycles. The van der Waals surface area contributed by atoms with Gasteiger partial charge in [-0.15, -0.1) is 0 Å². The molecule has 0 saturated carbocycles. The number of halogens is 3. The quantitative estimate of drug-likeness (QED) is 0.595. The van der Waals surface area contributed by atoms with Gasteiger partial charge in [0.1, 0.15) is 5.82 Å². The van der Waals surface area contributed by atoms with E-state index in [1.54, 1.807) is 6.07 Å². The standard InChI is InChI=1S/C15H13Br2F/c1-9-4-3-5-12(10(9)2)15(17)11-6-7-14(18)13(16)8-11/h3-8,15H,1-2H3. The van der Waals surface area contributed by atoms with Gasteiger partial charge < -0.3 is 0 Å². The first-order valence-corrected chi connectivity index (χ1v) is 7.36. The van der Waals surface area contributed by atoms with E-state index >= 15 is 0 Å². The molecule has 0 radical (unpaired) electrons. The van der Waals surface area contributed by atoms with Crippen molar-refractivity contribution in [1.29, 1.82) is 0 Å². The number of hydrogen-bond acceptors (Lipinski definition) is 0. The predicted molar refractivity (Wildman–Crippen MR) is 80.8 cm³/mol. The molecule has 18 heavy (non-hydrogen) atoms. The Hall–Kier alpha value is -0.670. The van der Waals surface area contributed by atoms with Crippen LogP contribution in [0.3, 0.4) is 0 Å². The Morgan fingerprint density at radius 1 is 1.11 bits per heavy atom. The molecule has 0 aromatic heterocycles. The monoisotopic (exact) mass is 370 g/mol. The fourth-order valence-electron chi connectivity index (χ4n) is 1.90. The smallest absolute Gasteiger partial charge is 0.137 e. The van der Waals surface area contributed by atoms with Crippen molar-refractivity contribution >= 4 is 31.9 Å². The highest BCUT2D eigenvalue weighted by Crippen LogP contribution is 2.35. The van der Waals surface area contributed by atoms with Crippen molar-refractivity contribution in [2.24, 2.45) is 0 Å². The van der Waals surface area contributed by atoms with Crippen molar-refractivity contribution in [2.45, 2.75) is 18.7 Å². The topological polar surface area (TPSA) is 0 Å². The predicted octanol–water partition coefficient (Wildman–Crippen LogP) is 5.69. The molecule has 2 rings (SSSR count). The Kier molecular flexibility index (Phi) is 4.23. The Bertz CT molecular complexity index is 579. The largest absolute Gasteiger partial charge is 0.206 e. The molecule has 0 aliphatic rings. The van der Waals surface area contributed by atoms with Gasteiger partial charge in [0, 0.05) is 0 Å². The summed E-state index contributed by atoms with van der Waals surface area (Å²) in [6.07, 6.45) is 0. The van der Waals surface area contributed by atoms with Crippen LogP contribution in [-0.4, -0.2) is 0 Å². The number of rotatable bonds is 2. The zero-order valence-corrected chi connectivity index (χ0v) is 13.3. The molecular formula is C15H13Br2F. The van der Waals surface area contributed by atoms with Crippen molar-refractivity contribution < 1.29 is 4.39 Å². The first kappa shape index (κ1) is 13.8. The molecule has 0 N–H and O–H groups in total. The molecule has 94 valence electrons. The van der Waals surface area contributed by atoms with E-state index in [1.807, 2.05) is 12.1 Å². The molecule has 3 heteroatoms. The lowest BCUT2D eigenvalue weighted by atomic mass is 9.97. The number of benzene rings is 2. The minimum absolute atomic E-state index is 0.0781. The van der Waals surface area contributed by atoms with Crippen LogP contribution < -0.4 is 0 Å². The van der Waals surface area contributed by atoms with E-state index in [4.69, 9.17) is 0 Å². The Morgan fingerprint density at radius 3 is 2.50 bits per heavy atom. The van der Waals surface area contributed by atoms with Crippen LogP contribution in [0.4, 0.5) is 4.39 Å². The van der Waals surface area contributed by atoms with Crippen molar-refractivity contribution in [2.75, 3.05) is 0 Å². The Morgan fingerprint density at radius 2 is 1.83 bits per heavy atom. The summed E-state index contributed by atoms with van der Waals surface area (Å²) >= 11 is 6.92. The molecule has 2 aromatic rings. The molecular weight excluding hydrogens is 359 g/mol. The fourth-order valence-corrected chi connectivity index (χ4v) is 3.08. The summed E-state index contributed by atoms with van der Waals surface area (Å²) in [5, 5.41) is 0. The highest BCUT2D eigenvalue weighted by molar-refractivity contribution is 9.10. The van der Waals surface area contributed by atoms with E-state index in [0.717, 1.165) is 5.56 Å². The molecule has 0 saturated heterocycles. The van der Waals surface area contributed by atoms with Gasteiger partial charge in [-0.25, -0.2) is 4.39 Å². The lowest BCUT2D eigenvalue weighted by Gasteiger charge is -2.15. The molecule has 0 bridgehead atoms. The zero-order chi connectivity index (χ0) is 13.3. The van der Waals surface area contributed by atoms with E-state index in [0.29, 0.717) is 4.47 Å². The molecule has 0 aliphatic carbocycles. The lowest BCUT2D eigenvalue weighted by molar-refractivity contribution is 0.620. The molecule has 0 fully saturated rings. The molecule has 0 heterocycles. The number of hydrogen-bond donors (Lipinski definition) is 0. The normalized spacial score (nSPS) is 12.5. The van der Waals surface area contributed by atoms with Gasteiger partial charge >= 0.3 is 0 Å². The summed E-state index contributed by atoms with van der Waals surface area (Å²) in [6, 6.07) is 11.3. The van der Waals surface area contributed by atoms with Crippen LogP contribution in [0.15, 0.2) is 40.9 Å². The highest BCUT2D eigenvalue weighted by atomic mass is 79.9. The maximum Gasteiger partial charge on any atom is 0.137 e. The highest BCUT2D eigenvalue weighted by Gasteiger charge is 2.14. The van der Waals surface area contributed by atoms with Crippen LogP contribution >= 0.6 is 31.9 Å². The minimum atomic E-state index is -0.237. The lowest BCUT2D eigenvalue weighted by Crippen LogP contribution is -1.98. The average Bonchev–Trinajstić information content (AvgIpc) is 2.35. The van der Waals surface area contributed by atoms with Crippen LogP contribution in [0.5, 0.6) is 0 Å². The van der Waals surface area contributed by atoms with Gasteiger partial charge in [-0.1, -0.05) is 40.2 Å². The summed E-state index contributed by atoms with van der Waals surface area (Å²) in [7, 11) is 0. The van der Waals surface area contributed by atoms with Crippen molar-refractivity contribution in [1.82, 2.24) is 0 Å². The van der Waals surface area contributed by atoms with E-state index in [-0.39, 0.29) is 10.6 Å². The summed E-state index contributed by atoms with van der Waals surface area (Å²) in [4.78, 5) is 0.0781. The number of alkyl halides is 1. The molecule has 1 atom stereocenters. The second kappa shape index (κ2) is 5.54. The summed E-state index contributed by atoms with van der Waals surface area (Å²) in [6.45, 7) is 4.20. The third kappa shape index (κ3) is 2.67. The van der Waals surface area contributed by atoms with Crippen LogP contribution in [0.25, 0.3) is 0 Å². The Balaban J connectivity index is 2.44. The van der Waals surface area contributed by atoms with Crippen LogP contribution in [0.2, 0.25) is 0 Å². The van der Waals surface area contributed by atoms with E-state index < -0.39 is 0 Å². The van der Waals surface area contributed by atoms with Gasteiger partial charge in [-0.3, -0.25) is 0 Å². The second-order valence-corrected chi connectivity index (χ2v) is 6.10. The fraction of sp³-hybridized carbons (Fsp3) is 0.200. The van der Waals surface area contributed by atoms with Crippen LogP contribution in [0, 0.1) is 19.7 Å². The second-order valence-electron chi connectivity index (χ2n) is 4.33. The van der Waals surface area contributed by atoms with Crippen LogP contribution in [-0.2, 0) is 0 Å². The molecule has 0 nitrogen and oxygen atoms in total. The summed E-state index contributed by atoms with van der Waals surface area (Å²) < 4.78 is 13.7. The maximum atomic E-state index is 13.2. The first-order chi connectivity index (χ1) is 8.50. The zero-order valence-electron chi connectivity index (χ0n) is 10.2. The Labute approximate surface area is 123 Å². The third-order valence-corrected chi connectivity index (χ3v) is 4.79. The first-order valence-electron chi connectivity index (χ1n) is 5.66. The van der Waals surface area contributed by atoms with Gasteiger partial charge in [-0.2, -0.15) is 0 Å². The third-order valence-electron chi connectivity index (χ3n) is 3.16. The summed E-state index contributed by atoms with van der Waals surface area (Å²) in [5.74, 6) is -0.237.